The Balaban J connectivity index is 1.70. The third-order valence-corrected chi connectivity index (χ3v) is 3.64. The second-order valence-electron chi connectivity index (χ2n) is 5.69. The fourth-order valence-electron chi connectivity index (χ4n) is 2.10. The van der Waals surface area contributed by atoms with Gasteiger partial charge in [0.25, 0.3) is 0 Å². The number of anilines is 2. The van der Waals surface area contributed by atoms with E-state index in [1.165, 1.54) is 12.8 Å². The van der Waals surface area contributed by atoms with E-state index in [1.807, 2.05) is 25.1 Å². The van der Waals surface area contributed by atoms with Gasteiger partial charge in [-0.2, -0.15) is 0 Å². The van der Waals surface area contributed by atoms with Gasteiger partial charge in [-0.1, -0.05) is 0 Å². The van der Waals surface area contributed by atoms with E-state index in [0.29, 0.717) is 18.5 Å². The molecular weight excluding hydrogens is 254 g/mol. The lowest BCUT2D eigenvalue weighted by atomic mass is 10.3. The van der Waals surface area contributed by atoms with E-state index in [1.54, 1.807) is 0 Å². The Kier molecular flexibility index (Phi) is 3.46. The van der Waals surface area contributed by atoms with E-state index in [-0.39, 0.29) is 5.91 Å². The van der Waals surface area contributed by atoms with Crippen LogP contribution in [0.5, 0.6) is 0 Å². The predicted octanol–water partition coefficient (Wildman–Crippen LogP) is 1.11. The van der Waals surface area contributed by atoms with Crippen LogP contribution in [0.3, 0.4) is 0 Å². The molecule has 0 spiro atoms. The van der Waals surface area contributed by atoms with Crippen molar-refractivity contribution in [2.45, 2.75) is 37.6 Å². The SMILES string of the molecule is CNc1cc(N(C)CC(=O)NC2CC2)nc(C2CC2)n1. The second-order valence-corrected chi connectivity index (χ2v) is 5.69. The molecule has 0 atom stereocenters. The molecule has 1 amide bonds. The summed E-state index contributed by atoms with van der Waals surface area (Å²) in [6.07, 6.45) is 4.55. The summed E-state index contributed by atoms with van der Waals surface area (Å²) < 4.78 is 0. The van der Waals surface area contributed by atoms with Crippen LogP contribution in [-0.2, 0) is 4.79 Å². The first-order chi connectivity index (χ1) is 9.65. The van der Waals surface area contributed by atoms with Crippen LogP contribution in [0.15, 0.2) is 6.07 Å². The minimum atomic E-state index is 0.0626. The van der Waals surface area contributed by atoms with Crippen molar-refractivity contribution in [3.05, 3.63) is 11.9 Å². The van der Waals surface area contributed by atoms with E-state index in [0.717, 1.165) is 30.3 Å². The van der Waals surface area contributed by atoms with E-state index >= 15 is 0 Å². The number of carbonyl (C=O) groups is 1. The smallest absolute Gasteiger partial charge is 0.239 e. The maximum absolute atomic E-state index is 11.9. The molecule has 2 saturated carbocycles. The first kappa shape index (κ1) is 13.1. The average Bonchev–Trinajstić information content (AvgIpc) is 3.30. The summed E-state index contributed by atoms with van der Waals surface area (Å²) in [5, 5.41) is 6.06. The summed E-state index contributed by atoms with van der Waals surface area (Å²) in [4.78, 5) is 22.8. The van der Waals surface area contributed by atoms with Gasteiger partial charge in [-0.05, 0) is 25.7 Å². The third kappa shape index (κ3) is 3.18. The summed E-state index contributed by atoms with van der Waals surface area (Å²) >= 11 is 0. The van der Waals surface area contributed by atoms with Crippen LogP contribution in [0.1, 0.15) is 37.4 Å². The number of hydrogen-bond acceptors (Lipinski definition) is 5. The third-order valence-electron chi connectivity index (χ3n) is 3.64. The highest BCUT2D eigenvalue weighted by molar-refractivity contribution is 5.81. The first-order valence-corrected chi connectivity index (χ1v) is 7.23. The van der Waals surface area contributed by atoms with Gasteiger partial charge in [-0.3, -0.25) is 4.79 Å². The van der Waals surface area contributed by atoms with Crippen molar-refractivity contribution in [1.82, 2.24) is 15.3 Å². The number of nitrogens with one attached hydrogen (secondary N) is 2. The molecule has 0 aliphatic heterocycles. The monoisotopic (exact) mass is 275 g/mol. The van der Waals surface area contributed by atoms with Gasteiger partial charge in [-0.15, -0.1) is 0 Å². The van der Waals surface area contributed by atoms with Crippen molar-refractivity contribution < 1.29 is 4.79 Å². The fourth-order valence-corrected chi connectivity index (χ4v) is 2.10. The number of amides is 1. The fraction of sp³-hybridized carbons (Fsp3) is 0.643. The highest BCUT2D eigenvalue weighted by Gasteiger charge is 2.28. The van der Waals surface area contributed by atoms with Gasteiger partial charge < -0.3 is 15.5 Å². The van der Waals surface area contributed by atoms with Crippen molar-refractivity contribution in [1.29, 1.82) is 0 Å². The minimum absolute atomic E-state index is 0.0626. The Labute approximate surface area is 119 Å². The van der Waals surface area contributed by atoms with Gasteiger partial charge in [0.1, 0.15) is 17.5 Å². The highest BCUT2D eigenvalue weighted by Crippen LogP contribution is 2.39. The summed E-state index contributed by atoms with van der Waals surface area (Å²) in [6, 6.07) is 2.28. The molecule has 1 heterocycles. The molecular formula is C14H21N5O. The van der Waals surface area contributed by atoms with E-state index in [4.69, 9.17) is 0 Å². The molecule has 0 aromatic carbocycles. The number of likely N-dealkylation sites (N-methyl/N-ethyl adjacent to an activating group) is 1. The van der Waals surface area contributed by atoms with Gasteiger partial charge in [0.15, 0.2) is 0 Å². The number of nitrogens with zero attached hydrogens (tertiary/aromatic N) is 3. The molecule has 2 N–H and O–H groups in total. The van der Waals surface area contributed by atoms with E-state index in [2.05, 4.69) is 20.6 Å². The van der Waals surface area contributed by atoms with Crippen LogP contribution in [0, 0.1) is 0 Å². The molecule has 1 aromatic rings. The molecule has 0 bridgehead atoms. The Hall–Kier alpha value is -1.85. The molecule has 108 valence electrons. The van der Waals surface area contributed by atoms with E-state index < -0.39 is 0 Å². The van der Waals surface area contributed by atoms with E-state index in [9.17, 15) is 4.79 Å². The Morgan fingerprint density at radius 3 is 2.70 bits per heavy atom. The zero-order valence-corrected chi connectivity index (χ0v) is 12.0. The molecule has 20 heavy (non-hydrogen) atoms. The van der Waals surface area contributed by atoms with Crippen LogP contribution in [0.4, 0.5) is 11.6 Å². The normalized spacial score (nSPS) is 17.7. The van der Waals surface area contributed by atoms with Gasteiger partial charge in [-0.25, -0.2) is 9.97 Å². The summed E-state index contributed by atoms with van der Waals surface area (Å²) in [5.41, 5.74) is 0. The molecule has 6 heteroatoms. The summed E-state index contributed by atoms with van der Waals surface area (Å²) in [6.45, 7) is 0.334. The van der Waals surface area contributed by atoms with Crippen LogP contribution in [-0.4, -0.2) is 42.6 Å². The standard InChI is InChI=1S/C14H21N5O/c1-15-11-7-12(18-14(17-11)9-3-4-9)19(2)8-13(20)16-10-5-6-10/h7,9-10H,3-6,8H2,1-2H3,(H,16,20)(H,15,17,18). The lowest BCUT2D eigenvalue weighted by Gasteiger charge is -2.19. The Morgan fingerprint density at radius 1 is 1.35 bits per heavy atom. The van der Waals surface area contributed by atoms with Crippen LogP contribution >= 0.6 is 0 Å². The Morgan fingerprint density at radius 2 is 2.10 bits per heavy atom. The maximum Gasteiger partial charge on any atom is 0.239 e. The summed E-state index contributed by atoms with van der Waals surface area (Å²) in [7, 11) is 3.74. The van der Waals surface area contributed by atoms with Crippen molar-refractivity contribution in [2.75, 3.05) is 30.9 Å². The summed E-state index contributed by atoms with van der Waals surface area (Å²) in [5.74, 6) is 3.06. The average molecular weight is 275 g/mol. The molecule has 6 nitrogen and oxygen atoms in total. The zero-order chi connectivity index (χ0) is 14.1. The van der Waals surface area contributed by atoms with Crippen LogP contribution in [0.25, 0.3) is 0 Å². The molecule has 0 unspecified atom stereocenters. The molecule has 0 saturated heterocycles. The molecule has 1 aromatic heterocycles. The van der Waals surface area contributed by atoms with Gasteiger partial charge in [0, 0.05) is 32.1 Å². The lowest BCUT2D eigenvalue weighted by molar-refractivity contribution is -0.119. The highest BCUT2D eigenvalue weighted by atomic mass is 16.2. The first-order valence-electron chi connectivity index (χ1n) is 7.23. The predicted molar refractivity (Wildman–Crippen MR) is 78.0 cm³/mol. The second kappa shape index (κ2) is 5.26. The van der Waals surface area contributed by atoms with Crippen molar-refractivity contribution in [3.8, 4) is 0 Å². The number of carbonyl (C=O) groups excluding carboxylic acids is 1. The molecule has 2 aliphatic carbocycles. The lowest BCUT2D eigenvalue weighted by Crippen LogP contribution is -2.36. The molecule has 2 aliphatic rings. The largest absolute Gasteiger partial charge is 0.373 e. The molecule has 3 rings (SSSR count). The Bertz CT molecular complexity index is 510. The topological polar surface area (TPSA) is 70.2 Å². The van der Waals surface area contributed by atoms with Crippen molar-refractivity contribution in [2.24, 2.45) is 0 Å². The molecule has 0 radical (unpaired) electrons. The molecule has 2 fully saturated rings. The minimum Gasteiger partial charge on any atom is -0.373 e. The van der Waals surface area contributed by atoms with Crippen molar-refractivity contribution >= 4 is 17.5 Å². The van der Waals surface area contributed by atoms with Crippen LogP contribution in [0.2, 0.25) is 0 Å². The number of hydrogen-bond donors (Lipinski definition) is 2. The van der Waals surface area contributed by atoms with Gasteiger partial charge in [0.05, 0.1) is 6.54 Å². The van der Waals surface area contributed by atoms with Gasteiger partial charge >= 0.3 is 0 Å². The van der Waals surface area contributed by atoms with Gasteiger partial charge in [0.2, 0.25) is 5.91 Å². The quantitative estimate of drug-likeness (QED) is 0.814. The zero-order valence-electron chi connectivity index (χ0n) is 12.0. The number of aromatic nitrogens is 2. The number of rotatable bonds is 6. The van der Waals surface area contributed by atoms with Crippen LogP contribution < -0.4 is 15.5 Å². The van der Waals surface area contributed by atoms with Crippen molar-refractivity contribution in [3.63, 3.8) is 0 Å². The maximum atomic E-state index is 11.9.